The van der Waals surface area contributed by atoms with E-state index in [0.29, 0.717) is 0 Å². The number of fused-ring (bicyclic) bond motifs is 3. The molecule has 6 aromatic heterocycles. The van der Waals surface area contributed by atoms with Crippen LogP contribution in [0.4, 0.5) is 17.7 Å². The molecular formula is C33H42N15O24P4-3. The number of aromatic nitrogens is 12. The minimum atomic E-state index is -6.59. The van der Waals surface area contributed by atoms with Crippen LogP contribution < -0.4 is 52.0 Å². The highest BCUT2D eigenvalue weighted by molar-refractivity contribution is 7.65. The van der Waals surface area contributed by atoms with Gasteiger partial charge >= 0.3 is 5.65 Å². The summed E-state index contributed by atoms with van der Waals surface area (Å²) in [5.41, 5.74) is 9.49. The zero-order valence-corrected chi connectivity index (χ0v) is 42.3. The summed E-state index contributed by atoms with van der Waals surface area (Å²) in [6, 6.07) is 0. The lowest BCUT2D eigenvalue weighted by atomic mass is 10.1. The van der Waals surface area contributed by atoms with Crippen molar-refractivity contribution in [2.24, 2.45) is 7.05 Å². The monoisotopic (exact) mass is 1160 g/mol. The first-order valence-corrected chi connectivity index (χ1v) is 27.4. The van der Waals surface area contributed by atoms with Gasteiger partial charge in [-0.05, 0) is 0 Å². The summed E-state index contributed by atoms with van der Waals surface area (Å²) in [5, 5.41) is 45.9. The van der Waals surface area contributed by atoms with Gasteiger partial charge in [0.05, 0.1) is 39.5 Å². The van der Waals surface area contributed by atoms with Gasteiger partial charge in [-0.1, -0.05) is 4.98 Å². The SMILES string of the molecule is CNc1ncnc2c1ncn2[C@@H]1O[C@H](COP(=O)([O-])OP(=O)([O-])OP(=O)([O-])OC[C@H]2O[C@@H]([n+]3cn(C)c4c(=O)[nH]c(N)nc43)C(O)[C@H]2O)[C@H](OP(=O)([O-])OC[C@H]2O[C@@H](n3cnc4c(=O)[nH]c(N)nc43)C(O)[C@H]2O)C1OC. The molecule has 0 amide bonds. The van der Waals surface area contributed by atoms with Gasteiger partial charge in [0, 0.05) is 14.2 Å². The van der Waals surface area contributed by atoms with Gasteiger partial charge in [-0.15, -0.1) is 0 Å². The Bertz CT molecular complexity index is 3490. The molecule has 0 radical (unpaired) electrons. The molecule has 9 rings (SSSR count). The fourth-order valence-electron chi connectivity index (χ4n) is 8.42. The molecule has 3 saturated heterocycles. The summed E-state index contributed by atoms with van der Waals surface area (Å²) in [5.74, 6) is -0.439. The second kappa shape index (κ2) is 20.9. The molecule has 3 aliphatic rings. The van der Waals surface area contributed by atoms with Crippen LogP contribution in [0.1, 0.15) is 18.7 Å². The van der Waals surface area contributed by atoms with E-state index in [2.05, 4.69) is 58.3 Å². The molecular weight excluding hydrogens is 1110 g/mol. The van der Waals surface area contributed by atoms with Crippen molar-refractivity contribution in [3.8, 4) is 0 Å². The molecule has 76 heavy (non-hydrogen) atoms. The maximum Gasteiger partial charge on any atom is 0.313 e. The molecule has 43 heteroatoms. The molecule has 3 aliphatic heterocycles. The van der Waals surface area contributed by atoms with Crippen LogP contribution in [0.15, 0.2) is 34.9 Å². The van der Waals surface area contributed by atoms with Gasteiger partial charge in [-0.3, -0.25) is 51.5 Å². The lowest BCUT2D eigenvalue weighted by Gasteiger charge is -2.35. The summed E-state index contributed by atoms with van der Waals surface area (Å²) in [4.78, 5) is 106. The van der Waals surface area contributed by atoms with Crippen molar-refractivity contribution >= 4 is 82.5 Å². The summed E-state index contributed by atoms with van der Waals surface area (Å²) in [7, 11) is -20.8. The number of phosphoric ester groups is 3. The van der Waals surface area contributed by atoms with E-state index in [-0.39, 0.29) is 51.2 Å². The van der Waals surface area contributed by atoms with E-state index >= 15 is 0 Å². The van der Waals surface area contributed by atoms with E-state index in [4.69, 9.17) is 44.0 Å². The van der Waals surface area contributed by atoms with Crippen LogP contribution in [0, 0.1) is 0 Å². The predicted molar refractivity (Wildman–Crippen MR) is 235 cm³/mol. The topological polar surface area (TPSA) is 560 Å². The number of rotatable bonds is 20. The molecule has 416 valence electrons. The van der Waals surface area contributed by atoms with Crippen molar-refractivity contribution in [1.29, 1.82) is 0 Å². The quantitative estimate of drug-likeness (QED) is 0.0253. The van der Waals surface area contributed by atoms with E-state index in [1.807, 2.05) is 0 Å². The fourth-order valence-corrected chi connectivity index (χ4v) is 12.8. The Morgan fingerprint density at radius 3 is 1.93 bits per heavy atom. The summed E-state index contributed by atoms with van der Waals surface area (Å²) >= 11 is 0. The maximum atomic E-state index is 13.6. The van der Waals surface area contributed by atoms with Gasteiger partial charge in [0.25, 0.3) is 48.4 Å². The molecule has 0 aromatic carbocycles. The van der Waals surface area contributed by atoms with Crippen molar-refractivity contribution < 1.29 is 108 Å². The number of aliphatic hydroxyl groups is 4. The summed E-state index contributed by atoms with van der Waals surface area (Å²) in [6.07, 6.45) is -16.4. The number of aromatic amines is 2. The van der Waals surface area contributed by atoms with Gasteiger partial charge in [-0.2, -0.15) is 4.98 Å². The average Bonchev–Trinajstić information content (AvgIpc) is 4.19. The number of hydrogen-bond acceptors (Lipinski definition) is 33. The van der Waals surface area contributed by atoms with Gasteiger partial charge in [-0.25, -0.2) is 33.1 Å². The minimum absolute atomic E-state index is 0.0443. The second-order valence-corrected chi connectivity index (χ2v) is 22.5. The Kier molecular flexibility index (Phi) is 15.3. The lowest BCUT2D eigenvalue weighted by Crippen LogP contribution is -2.46. The number of phosphoric acid groups is 4. The molecule has 11 N–H and O–H groups in total. The molecule has 7 unspecified atom stereocenters. The Balaban J connectivity index is 0.868. The first kappa shape index (κ1) is 55.6. The summed E-state index contributed by atoms with van der Waals surface area (Å²) < 4.78 is 107. The molecule has 9 heterocycles. The van der Waals surface area contributed by atoms with E-state index in [1.54, 1.807) is 0 Å². The van der Waals surface area contributed by atoms with Crippen molar-refractivity contribution in [1.82, 2.24) is 53.6 Å². The minimum Gasteiger partial charge on any atom is -0.756 e. The van der Waals surface area contributed by atoms with E-state index < -0.39 is 136 Å². The zero-order chi connectivity index (χ0) is 55.0. The van der Waals surface area contributed by atoms with E-state index in [1.165, 1.54) is 29.6 Å². The van der Waals surface area contributed by atoms with E-state index in [9.17, 15) is 67.8 Å². The van der Waals surface area contributed by atoms with Crippen molar-refractivity contribution in [3.05, 3.63) is 46.0 Å². The Hall–Kier alpha value is -5.15. The number of aliphatic hydroxyl groups excluding tert-OH is 4. The first-order valence-electron chi connectivity index (χ1n) is 21.5. The predicted octanol–water partition coefficient (Wildman–Crippen LogP) is -6.78. The van der Waals surface area contributed by atoms with Crippen LogP contribution in [0.25, 0.3) is 33.5 Å². The van der Waals surface area contributed by atoms with Gasteiger partial charge in [0.2, 0.25) is 17.7 Å². The third kappa shape index (κ3) is 11.0. The number of anilines is 3. The Labute approximate surface area is 421 Å². The molecule has 3 fully saturated rings. The Morgan fingerprint density at radius 2 is 1.28 bits per heavy atom. The number of nitrogens with one attached hydrogen (secondary N) is 3. The number of imidazole rings is 3. The number of hydrogen-bond donors (Lipinski definition) is 9. The number of methoxy groups -OCH3 is 1. The molecule has 16 atom stereocenters. The highest BCUT2D eigenvalue weighted by Crippen LogP contribution is 2.63. The van der Waals surface area contributed by atoms with Gasteiger partial charge in [0.15, 0.2) is 41.4 Å². The number of aryl methyl sites for hydroxylation is 1. The highest BCUT2D eigenvalue weighted by Gasteiger charge is 2.51. The number of nitrogens with two attached hydrogens (primary N) is 2. The standard InChI is InChI=1S/C33H45N15O24P4/c1-36-23-14-24(38-7-37-23)46(8-39-14)31-22(63-3)21(70-73(55,56)64-4-11-17(49)19(51)29(67-11)47-9-40-15-25(47)41-32(34)43-27(15)53)13(69-31)6-66-75(59,60)72-76(61,62)71-74(57,58)65-5-12-18(50)20(52)30(68-12)48-10-45(2)16-26(48)42-33(35)44-28(16)54/h7-13,17-22,29-31,49-52H,4-6H2,1-3H3,(H10-,34,35,36,37,38,41,42,43,44,53,54,55,56,57,58,59,60,61,62)/p-3/t11-,12-,13-,17+,18+,19?,20?,21+,22?,29-,30-,31-/m1/s1. The first-order chi connectivity index (χ1) is 35.7. The molecule has 0 spiro atoms. The van der Waals surface area contributed by atoms with E-state index in [0.717, 1.165) is 35.2 Å². The van der Waals surface area contributed by atoms with Crippen LogP contribution in [0.2, 0.25) is 0 Å². The smallest absolute Gasteiger partial charge is 0.313 e. The van der Waals surface area contributed by atoms with Gasteiger partial charge in [0.1, 0.15) is 66.8 Å². The molecule has 0 saturated carbocycles. The Morgan fingerprint density at radius 1 is 0.711 bits per heavy atom. The zero-order valence-electron chi connectivity index (χ0n) is 38.7. The van der Waals surface area contributed by atoms with Crippen LogP contribution in [-0.2, 0) is 71.0 Å². The second-order valence-electron chi connectivity index (χ2n) is 16.6. The average molecular weight is 1160 g/mol. The third-order valence-corrected chi connectivity index (χ3v) is 16.8. The summed E-state index contributed by atoms with van der Waals surface area (Å²) in [6.45, 7) is -3.71. The van der Waals surface area contributed by atoms with Crippen molar-refractivity contribution in [3.63, 3.8) is 0 Å². The largest absolute Gasteiger partial charge is 0.756 e. The van der Waals surface area contributed by atoms with Gasteiger partial charge < -0.3 is 93.8 Å². The van der Waals surface area contributed by atoms with Crippen LogP contribution in [0.3, 0.4) is 0 Å². The highest BCUT2D eigenvalue weighted by atomic mass is 31.3. The van der Waals surface area contributed by atoms with Crippen LogP contribution >= 0.6 is 31.3 Å². The third-order valence-electron chi connectivity index (χ3n) is 11.7. The van der Waals surface area contributed by atoms with Crippen molar-refractivity contribution in [2.75, 3.05) is 50.8 Å². The number of nitrogens with zero attached hydrogens (tertiary/aromatic N) is 10. The normalized spacial score (nSPS) is 30.2. The van der Waals surface area contributed by atoms with Crippen LogP contribution in [-0.4, -0.2) is 163 Å². The molecule has 6 aromatic rings. The van der Waals surface area contributed by atoms with Crippen LogP contribution in [0.5, 0.6) is 0 Å². The number of H-pyrrole nitrogens is 2. The number of ether oxygens (including phenoxy) is 4. The molecule has 39 nitrogen and oxygen atoms in total. The molecule has 0 aliphatic carbocycles. The number of nitrogen functional groups attached to an aromatic ring is 2. The molecule has 0 bridgehead atoms. The lowest BCUT2D eigenvalue weighted by molar-refractivity contribution is -0.745. The maximum absolute atomic E-state index is 13.6. The fraction of sp³-hybridized carbons (Fsp3) is 0.545. The van der Waals surface area contributed by atoms with Crippen molar-refractivity contribution in [2.45, 2.75) is 73.6 Å².